The second kappa shape index (κ2) is 9.82. The van der Waals surface area contributed by atoms with E-state index in [2.05, 4.69) is 46.0 Å². The Bertz CT molecular complexity index is 1310. The van der Waals surface area contributed by atoms with Gasteiger partial charge in [0.2, 0.25) is 5.95 Å². The number of nitrogens with zero attached hydrogens (tertiary/aromatic N) is 4. The fourth-order valence-corrected chi connectivity index (χ4v) is 6.05. The number of hydrogen-bond donors (Lipinski definition) is 1. The van der Waals surface area contributed by atoms with E-state index in [9.17, 15) is 9.18 Å². The molecule has 8 heteroatoms. The Morgan fingerprint density at radius 2 is 2.03 bits per heavy atom. The fourth-order valence-electron chi connectivity index (χ4n) is 6.05. The van der Waals surface area contributed by atoms with Crippen LogP contribution in [-0.4, -0.2) is 60.1 Å². The fraction of sp³-hybridized carbons (Fsp3) is 0.448. The van der Waals surface area contributed by atoms with Gasteiger partial charge in [-0.2, -0.15) is 0 Å². The first-order chi connectivity index (χ1) is 17.8. The topological polar surface area (TPSA) is 62.6 Å². The number of ether oxygens (including phenoxy) is 1. The molecule has 1 fully saturated rings. The van der Waals surface area contributed by atoms with Crippen LogP contribution in [0, 0.1) is 5.82 Å². The van der Waals surface area contributed by atoms with E-state index < -0.39 is 5.82 Å². The van der Waals surface area contributed by atoms with Gasteiger partial charge in [-0.1, -0.05) is 18.6 Å². The second-order valence-electron chi connectivity index (χ2n) is 10.7. The minimum atomic E-state index is -0.400. The minimum Gasteiger partial charge on any atom is -0.494 e. The van der Waals surface area contributed by atoms with Gasteiger partial charge in [0.25, 0.3) is 5.91 Å². The number of halogens is 1. The summed E-state index contributed by atoms with van der Waals surface area (Å²) in [6, 6.07) is 9.03. The van der Waals surface area contributed by atoms with Crippen molar-refractivity contribution in [1.29, 1.82) is 0 Å². The third kappa shape index (κ3) is 4.48. The summed E-state index contributed by atoms with van der Waals surface area (Å²) in [5, 5.41) is 3.13. The first-order valence-electron chi connectivity index (χ1n) is 12.9. The number of carbonyl (C=O) groups is 1. The van der Waals surface area contributed by atoms with Crippen molar-refractivity contribution in [3.8, 4) is 5.75 Å². The Morgan fingerprint density at radius 1 is 1.24 bits per heavy atom. The van der Waals surface area contributed by atoms with Gasteiger partial charge in [0, 0.05) is 43.5 Å². The smallest absolute Gasteiger partial charge is 0.254 e. The zero-order valence-electron chi connectivity index (χ0n) is 22.3. The number of carbonyl (C=O) groups excluding carboxylic acids is 1. The van der Waals surface area contributed by atoms with Crippen molar-refractivity contribution in [3.63, 3.8) is 0 Å². The number of aromatic nitrogens is 2. The van der Waals surface area contributed by atoms with Gasteiger partial charge in [-0.25, -0.2) is 9.37 Å². The van der Waals surface area contributed by atoms with Crippen molar-refractivity contribution < 1.29 is 13.9 Å². The second-order valence-corrected chi connectivity index (χ2v) is 10.7. The molecule has 7 nitrogen and oxygen atoms in total. The zero-order chi connectivity index (χ0) is 26.3. The molecular weight excluding hydrogens is 469 g/mol. The van der Waals surface area contributed by atoms with E-state index in [1.54, 1.807) is 18.3 Å². The molecule has 1 N–H and O–H groups in total. The quantitative estimate of drug-likeness (QED) is 0.476. The number of fused-ring (bicyclic) bond motifs is 2. The Hall–Kier alpha value is -3.39. The van der Waals surface area contributed by atoms with Gasteiger partial charge >= 0.3 is 0 Å². The van der Waals surface area contributed by atoms with Gasteiger partial charge in [-0.15, -0.1) is 0 Å². The van der Waals surface area contributed by atoms with Crippen molar-refractivity contribution in [3.05, 3.63) is 76.4 Å². The number of nitrogens with one attached hydrogen (secondary N) is 1. The summed E-state index contributed by atoms with van der Waals surface area (Å²) in [4.78, 5) is 22.7. The highest BCUT2D eigenvalue weighted by Crippen LogP contribution is 2.51. The van der Waals surface area contributed by atoms with Gasteiger partial charge in [0.15, 0.2) is 11.6 Å². The molecule has 1 unspecified atom stereocenters. The van der Waals surface area contributed by atoms with E-state index in [1.165, 1.54) is 24.3 Å². The van der Waals surface area contributed by atoms with Crippen LogP contribution >= 0.6 is 0 Å². The SMILES string of the molecule is CNc1nccn1Cc1cc(CN(C)C)c2c(c1)C(=O)N(C(C)c1ccc(F)c(OC)c1)CC21CCC1. The molecular formula is C29H36FN5O2. The summed E-state index contributed by atoms with van der Waals surface area (Å²) in [7, 11) is 7.47. The molecule has 0 radical (unpaired) electrons. The van der Waals surface area contributed by atoms with Gasteiger partial charge in [0.05, 0.1) is 19.7 Å². The monoisotopic (exact) mass is 505 g/mol. The van der Waals surface area contributed by atoms with Crippen molar-refractivity contribution >= 4 is 11.9 Å². The van der Waals surface area contributed by atoms with Crippen molar-refractivity contribution in [2.75, 3.05) is 40.1 Å². The normalized spacial score (nSPS) is 17.1. The highest BCUT2D eigenvalue weighted by molar-refractivity contribution is 5.98. The largest absolute Gasteiger partial charge is 0.494 e. The number of methoxy groups -OCH3 is 1. The molecule has 2 aliphatic rings. The molecule has 1 aliphatic carbocycles. The average Bonchev–Trinajstić information content (AvgIpc) is 3.30. The van der Waals surface area contributed by atoms with E-state index in [0.29, 0.717) is 13.1 Å². The van der Waals surface area contributed by atoms with E-state index in [1.807, 2.05) is 25.1 Å². The molecule has 196 valence electrons. The highest BCUT2D eigenvalue weighted by Gasteiger charge is 2.49. The molecule has 0 saturated heterocycles. The Morgan fingerprint density at radius 3 is 2.68 bits per heavy atom. The molecule has 5 rings (SSSR count). The van der Waals surface area contributed by atoms with Gasteiger partial charge in [-0.05, 0) is 74.3 Å². The van der Waals surface area contributed by atoms with Gasteiger partial charge in [0.1, 0.15) is 0 Å². The summed E-state index contributed by atoms with van der Waals surface area (Å²) in [5.74, 6) is 0.616. The summed E-state index contributed by atoms with van der Waals surface area (Å²) in [6.45, 7) is 4.09. The van der Waals surface area contributed by atoms with Crippen LogP contribution in [0.25, 0.3) is 0 Å². The first-order valence-corrected chi connectivity index (χ1v) is 12.9. The van der Waals surface area contributed by atoms with Crippen molar-refractivity contribution in [2.45, 2.75) is 50.7 Å². The van der Waals surface area contributed by atoms with Crippen LogP contribution < -0.4 is 10.1 Å². The third-order valence-corrected chi connectivity index (χ3v) is 7.99. The van der Waals surface area contributed by atoms with Crippen LogP contribution in [0.4, 0.5) is 10.3 Å². The van der Waals surface area contributed by atoms with E-state index in [4.69, 9.17) is 4.74 Å². The Labute approximate surface area is 218 Å². The molecule has 3 aromatic rings. The standard InChI is InChI=1S/C29H36FN5O2/c1-19(21-7-8-24(30)25(15-21)37-5)35-18-29(9-6-10-29)26-22(17-33(3)4)13-20(14-23(26)27(35)36)16-34-12-11-32-28(34)31-2/h7-8,11-15,19H,6,9-10,16-18H2,1-5H3,(H,31,32). The molecule has 0 bridgehead atoms. The lowest BCUT2D eigenvalue weighted by Gasteiger charge is -2.52. The molecule has 1 spiro atoms. The van der Waals surface area contributed by atoms with Gasteiger partial charge < -0.3 is 24.4 Å². The van der Waals surface area contributed by atoms with Crippen molar-refractivity contribution in [2.24, 2.45) is 0 Å². The third-order valence-electron chi connectivity index (χ3n) is 7.99. The summed E-state index contributed by atoms with van der Waals surface area (Å²) >= 11 is 0. The molecule has 1 atom stereocenters. The minimum absolute atomic E-state index is 0.0321. The van der Waals surface area contributed by atoms with Crippen molar-refractivity contribution in [1.82, 2.24) is 19.4 Å². The molecule has 1 aromatic heterocycles. The number of imidazole rings is 1. The van der Waals surface area contributed by atoms with E-state index >= 15 is 0 Å². The lowest BCUT2D eigenvalue weighted by Crippen LogP contribution is -2.54. The lowest BCUT2D eigenvalue weighted by atomic mass is 9.60. The Balaban J connectivity index is 1.59. The number of amides is 1. The molecule has 1 saturated carbocycles. The summed E-state index contributed by atoms with van der Waals surface area (Å²) in [5.41, 5.74) is 5.15. The van der Waals surface area contributed by atoms with Gasteiger partial charge in [-0.3, -0.25) is 4.79 Å². The van der Waals surface area contributed by atoms with Crippen LogP contribution in [-0.2, 0) is 18.5 Å². The number of hydrogen-bond acceptors (Lipinski definition) is 5. The first kappa shape index (κ1) is 25.3. The Kier molecular flexibility index (Phi) is 6.70. The van der Waals surface area contributed by atoms with Crippen LogP contribution in [0.3, 0.4) is 0 Å². The molecule has 1 amide bonds. The molecule has 37 heavy (non-hydrogen) atoms. The highest BCUT2D eigenvalue weighted by atomic mass is 19.1. The predicted octanol–water partition coefficient (Wildman–Crippen LogP) is 4.82. The van der Waals surface area contributed by atoms with Crippen LogP contribution in [0.15, 0.2) is 42.7 Å². The summed E-state index contributed by atoms with van der Waals surface area (Å²) in [6.07, 6.45) is 7.01. The van der Waals surface area contributed by atoms with Crippen LogP contribution in [0.5, 0.6) is 5.75 Å². The number of benzene rings is 2. The van der Waals surface area contributed by atoms with E-state index in [-0.39, 0.29) is 23.1 Å². The number of anilines is 1. The molecule has 2 aromatic carbocycles. The van der Waals surface area contributed by atoms with E-state index in [0.717, 1.165) is 48.4 Å². The summed E-state index contributed by atoms with van der Waals surface area (Å²) < 4.78 is 21.4. The number of rotatable bonds is 8. The average molecular weight is 506 g/mol. The molecule has 1 aliphatic heterocycles. The maximum atomic E-state index is 14.2. The zero-order valence-corrected chi connectivity index (χ0v) is 22.3. The van der Waals surface area contributed by atoms with Crippen LogP contribution in [0.2, 0.25) is 0 Å². The maximum Gasteiger partial charge on any atom is 0.254 e. The van der Waals surface area contributed by atoms with Crippen LogP contribution in [0.1, 0.15) is 64.8 Å². The lowest BCUT2D eigenvalue weighted by molar-refractivity contribution is 0.0487. The molecule has 2 heterocycles. The predicted molar refractivity (Wildman–Crippen MR) is 143 cm³/mol. The maximum absolute atomic E-state index is 14.2.